The average molecular weight is 317 g/mol. The van der Waals surface area contributed by atoms with E-state index in [-0.39, 0.29) is 30.5 Å². The molecule has 1 amide bonds. The molecule has 0 aliphatic carbocycles. The SMILES string of the molecule is CSCc1ccc(NC(=O)[C@H]2NCCO[C@@H]2C)cc1.Cl. The van der Waals surface area contributed by atoms with Crippen molar-refractivity contribution in [1.29, 1.82) is 0 Å². The molecule has 4 nitrogen and oxygen atoms in total. The molecule has 2 atom stereocenters. The van der Waals surface area contributed by atoms with E-state index in [0.29, 0.717) is 6.61 Å². The number of ether oxygens (including phenoxy) is 1. The van der Waals surface area contributed by atoms with Crippen molar-refractivity contribution < 1.29 is 9.53 Å². The van der Waals surface area contributed by atoms with Gasteiger partial charge in [-0.25, -0.2) is 0 Å². The Balaban J connectivity index is 0.00000200. The van der Waals surface area contributed by atoms with Gasteiger partial charge < -0.3 is 15.4 Å². The van der Waals surface area contributed by atoms with Crippen LogP contribution in [-0.2, 0) is 15.3 Å². The summed E-state index contributed by atoms with van der Waals surface area (Å²) in [5.74, 6) is 0.952. The molecule has 2 rings (SSSR count). The summed E-state index contributed by atoms with van der Waals surface area (Å²) in [6.07, 6.45) is 1.98. The van der Waals surface area contributed by atoms with Gasteiger partial charge in [-0.2, -0.15) is 11.8 Å². The molecule has 0 bridgehead atoms. The van der Waals surface area contributed by atoms with E-state index in [9.17, 15) is 4.79 Å². The van der Waals surface area contributed by atoms with Gasteiger partial charge in [0.1, 0.15) is 6.04 Å². The summed E-state index contributed by atoms with van der Waals surface area (Å²) in [5.41, 5.74) is 2.09. The van der Waals surface area contributed by atoms with Crippen LogP contribution in [0, 0.1) is 0 Å². The Kier molecular flexibility index (Phi) is 7.37. The number of amides is 1. The fourth-order valence-electron chi connectivity index (χ4n) is 2.10. The van der Waals surface area contributed by atoms with Gasteiger partial charge in [-0.1, -0.05) is 12.1 Å². The maximum Gasteiger partial charge on any atom is 0.244 e. The Morgan fingerprint density at radius 1 is 1.45 bits per heavy atom. The number of anilines is 1. The molecule has 1 fully saturated rings. The fourth-order valence-corrected chi connectivity index (χ4v) is 2.62. The highest BCUT2D eigenvalue weighted by molar-refractivity contribution is 7.97. The molecule has 0 spiro atoms. The standard InChI is InChI=1S/C14H20N2O2S.ClH/c1-10-13(15-7-8-18-10)14(17)16-12-5-3-11(4-6-12)9-19-2;/h3-6,10,13,15H,7-9H2,1-2H3,(H,16,17);1H/t10-,13+;/m1./s1. The van der Waals surface area contributed by atoms with Crippen molar-refractivity contribution in [2.75, 3.05) is 24.7 Å². The molecule has 0 radical (unpaired) electrons. The van der Waals surface area contributed by atoms with Gasteiger partial charge in [0.2, 0.25) is 5.91 Å². The van der Waals surface area contributed by atoms with E-state index in [1.807, 2.05) is 31.2 Å². The summed E-state index contributed by atoms with van der Waals surface area (Å²) < 4.78 is 5.47. The van der Waals surface area contributed by atoms with Crippen LogP contribution in [0.25, 0.3) is 0 Å². The fraction of sp³-hybridized carbons (Fsp3) is 0.500. The number of halogens is 1. The van der Waals surface area contributed by atoms with Crippen LogP contribution >= 0.6 is 24.2 Å². The lowest BCUT2D eigenvalue weighted by Gasteiger charge is -2.29. The summed E-state index contributed by atoms with van der Waals surface area (Å²) >= 11 is 1.78. The van der Waals surface area contributed by atoms with Crippen molar-refractivity contribution in [2.24, 2.45) is 0 Å². The lowest BCUT2D eigenvalue weighted by Crippen LogP contribution is -2.53. The van der Waals surface area contributed by atoms with Crippen LogP contribution < -0.4 is 10.6 Å². The van der Waals surface area contributed by atoms with Crippen LogP contribution in [0.15, 0.2) is 24.3 Å². The number of rotatable bonds is 4. The summed E-state index contributed by atoms with van der Waals surface area (Å²) in [7, 11) is 0. The third-order valence-electron chi connectivity index (χ3n) is 3.13. The molecule has 1 aromatic carbocycles. The van der Waals surface area contributed by atoms with Crippen LogP contribution in [0.4, 0.5) is 5.69 Å². The van der Waals surface area contributed by atoms with Gasteiger partial charge in [-0.05, 0) is 30.9 Å². The van der Waals surface area contributed by atoms with Crippen LogP contribution in [0.5, 0.6) is 0 Å². The maximum absolute atomic E-state index is 12.1. The number of hydrogen-bond acceptors (Lipinski definition) is 4. The summed E-state index contributed by atoms with van der Waals surface area (Å²) in [6, 6.07) is 7.69. The Morgan fingerprint density at radius 3 is 2.75 bits per heavy atom. The zero-order chi connectivity index (χ0) is 13.7. The summed E-state index contributed by atoms with van der Waals surface area (Å²) in [6.45, 7) is 3.29. The number of nitrogens with one attached hydrogen (secondary N) is 2. The zero-order valence-corrected chi connectivity index (χ0v) is 13.4. The number of carbonyl (C=O) groups is 1. The minimum absolute atomic E-state index is 0. The van der Waals surface area contributed by atoms with E-state index >= 15 is 0 Å². The quantitative estimate of drug-likeness (QED) is 0.895. The predicted octanol–water partition coefficient (Wildman–Crippen LogP) is 2.29. The Morgan fingerprint density at radius 2 is 2.15 bits per heavy atom. The van der Waals surface area contributed by atoms with Crippen molar-refractivity contribution in [3.63, 3.8) is 0 Å². The highest BCUT2D eigenvalue weighted by atomic mass is 35.5. The van der Waals surface area contributed by atoms with Crippen molar-refractivity contribution in [1.82, 2.24) is 5.32 Å². The third kappa shape index (κ3) is 4.66. The molecule has 1 aliphatic heterocycles. The third-order valence-corrected chi connectivity index (χ3v) is 3.75. The van der Waals surface area contributed by atoms with Crippen LogP contribution in [0.3, 0.4) is 0 Å². The molecule has 1 aliphatic rings. The van der Waals surface area contributed by atoms with Gasteiger partial charge in [0.25, 0.3) is 0 Å². The average Bonchev–Trinajstić information content (AvgIpc) is 2.42. The summed E-state index contributed by atoms with van der Waals surface area (Å²) in [5, 5.41) is 6.10. The first-order valence-electron chi connectivity index (χ1n) is 6.44. The molecular formula is C14H21ClN2O2S. The van der Waals surface area contributed by atoms with E-state index < -0.39 is 0 Å². The van der Waals surface area contributed by atoms with E-state index in [0.717, 1.165) is 18.0 Å². The van der Waals surface area contributed by atoms with Crippen LogP contribution in [0.1, 0.15) is 12.5 Å². The van der Waals surface area contributed by atoms with Crippen LogP contribution in [-0.4, -0.2) is 37.5 Å². The molecule has 20 heavy (non-hydrogen) atoms. The molecule has 112 valence electrons. The second kappa shape index (κ2) is 8.52. The minimum Gasteiger partial charge on any atom is -0.375 e. The van der Waals surface area contributed by atoms with Crippen molar-refractivity contribution in [2.45, 2.75) is 24.8 Å². The monoisotopic (exact) mass is 316 g/mol. The topological polar surface area (TPSA) is 50.4 Å². The predicted molar refractivity (Wildman–Crippen MR) is 86.7 cm³/mol. The molecule has 2 N–H and O–H groups in total. The Bertz CT molecular complexity index is 428. The molecule has 0 unspecified atom stereocenters. The molecular weight excluding hydrogens is 296 g/mol. The highest BCUT2D eigenvalue weighted by Gasteiger charge is 2.28. The smallest absolute Gasteiger partial charge is 0.244 e. The second-order valence-electron chi connectivity index (χ2n) is 4.63. The lowest BCUT2D eigenvalue weighted by molar-refractivity contribution is -0.123. The van der Waals surface area contributed by atoms with E-state index in [1.165, 1.54) is 5.56 Å². The molecule has 1 aromatic rings. The number of carbonyl (C=O) groups excluding carboxylic acids is 1. The van der Waals surface area contributed by atoms with Gasteiger partial charge in [0.15, 0.2) is 0 Å². The van der Waals surface area contributed by atoms with Gasteiger partial charge in [-0.15, -0.1) is 12.4 Å². The first-order chi connectivity index (χ1) is 9.20. The Labute approximate surface area is 130 Å². The van der Waals surface area contributed by atoms with Gasteiger partial charge in [0.05, 0.1) is 12.7 Å². The first kappa shape index (κ1) is 17.3. The number of benzene rings is 1. The normalized spacial score (nSPS) is 21.9. The number of morpholine rings is 1. The minimum atomic E-state index is -0.278. The largest absolute Gasteiger partial charge is 0.375 e. The second-order valence-corrected chi connectivity index (χ2v) is 5.49. The molecule has 1 saturated heterocycles. The summed E-state index contributed by atoms with van der Waals surface area (Å²) in [4.78, 5) is 12.1. The van der Waals surface area contributed by atoms with Gasteiger partial charge >= 0.3 is 0 Å². The number of hydrogen-bond donors (Lipinski definition) is 2. The van der Waals surface area contributed by atoms with Crippen molar-refractivity contribution >= 4 is 35.8 Å². The van der Waals surface area contributed by atoms with E-state index in [4.69, 9.17) is 4.74 Å². The van der Waals surface area contributed by atoms with Crippen molar-refractivity contribution in [3.8, 4) is 0 Å². The molecule has 0 aromatic heterocycles. The maximum atomic E-state index is 12.1. The molecule has 0 saturated carbocycles. The van der Waals surface area contributed by atoms with Crippen LogP contribution in [0.2, 0.25) is 0 Å². The first-order valence-corrected chi connectivity index (χ1v) is 7.84. The molecule has 6 heteroatoms. The zero-order valence-electron chi connectivity index (χ0n) is 11.7. The molecule has 1 heterocycles. The lowest BCUT2D eigenvalue weighted by atomic mass is 10.1. The van der Waals surface area contributed by atoms with E-state index in [1.54, 1.807) is 11.8 Å². The van der Waals surface area contributed by atoms with Crippen molar-refractivity contribution in [3.05, 3.63) is 29.8 Å². The van der Waals surface area contributed by atoms with Gasteiger partial charge in [-0.3, -0.25) is 4.79 Å². The van der Waals surface area contributed by atoms with Gasteiger partial charge in [0, 0.05) is 18.0 Å². The number of thioether (sulfide) groups is 1. The Hall–Kier alpha value is -0.750. The highest BCUT2D eigenvalue weighted by Crippen LogP contribution is 2.14. The van der Waals surface area contributed by atoms with E-state index in [2.05, 4.69) is 16.9 Å².